The van der Waals surface area contributed by atoms with Crippen molar-refractivity contribution in [2.45, 2.75) is 109 Å². The van der Waals surface area contributed by atoms with Crippen molar-refractivity contribution in [2.75, 3.05) is 48.5 Å². The van der Waals surface area contributed by atoms with Crippen LogP contribution in [0.5, 0.6) is 0 Å². The molecule has 2 rings (SSSR count). The van der Waals surface area contributed by atoms with Crippen molar-refractivity contribution in [1.29, 1.82) is 0 Å². The first-order valence-corrected chi connectivity index (χ1v) is 17.8. The van der Waals surface area contributed by atoms with Gasteiger partial charge in [0, 0.05) is 41.5 Å². The number of carbonyl (C=O) groups is 4. The highest BCUT2D eigenvalue weighted by Gasteiger charge is 2.48. The monoisotopic (exact) mass is 705 g/mol. The summed E-state index contributed by atoms with van der Waals surface area (Å²) < 4.78 is 23.3. The van der Waals surface area contributed by atoms with Gasteiger partial charge in [-0.3, -0.25) is 19.2 Å². The second kappa shape index (κ2) is 21.3. The van der Waals surface area contributed by atoms with Crippen LogP contribution >= 0.6 is 0 Å². The number of ether oxygens (including phenoxy) is 4. The molecule has 13 heteroatoms. The van der Waals surface area contributed by atoms with E-state index in [0.717, 1.165) is 12.0 Å². The molecule has 4 N–H and O–H groups in total. The molecule has 1 fully saturated rings. The number of rotatable bonds is 21. The minimum atomic E-state index is -0.915. The Morgan fingerprint density at radius 1 is 0.900 bits per heavy atom. The van der Waals surface area contributed by atoms with Gasteiger partial charge in [-0.05, 0) is 36.8 Å². The van der Waals surface area contributed by atoms with Crippen LogP contribution in [-0.2, 0) is 44.5 Å². The Kier molecular flexibility index (Phi) is 18.4. The summed E-state index contributed by atoms with van der Waals surface area (Å²) >= 11 is 0. The number of carbonyl (C=O) groups excluding carboxylic acids is 4. The summed E-state index contributed by atoms with van der Waals surface area (Å²) in [6.07, 6.45) is -2.08. The molecule has 50 heavy (non-hydrogen) atoms. The molecule has 9 atom stereocenters. The summed E-state index contributed by atoms with van der Waals surface area (Å²) in [5, 5.41) is 11.8. The van der Waals surface area contributed by atoms with Crippen molar-refractivity contribution in [3.05, 3.63) is 35.9 Å². The molecular weight excluding hydrogens is 642 g/mol. The highest BCUT2D eigenvalue weighted by atomic mass is 16.6. The summed E-state index contributed by atoms with van der Waals surface area (Å²) in [5.74, 6) is -1.27. The van der Waals surface area contributed by atoms with Crippen LogP contribution in [0.15, 0.2) is 30.3 Å². The first-order chi connectivity index (χ1) is 23.7. The predicted molar refractivity (Wildman–Crippen MR) is 192 cm³/mol. The molecule has 1 aromatic carbocycles. The van der Waals surface area contributed by atoms with E-state index < -0.39 is 48.6 Å². The number of methoxy groups -OCH3 is 3. The average Bonchev–Trinajstić information content (AvgIpc) is 3.46. The minimum Gasteiger partial charge on any atom is -0.379 e. The van der Waals surface area contributed by atoms with Crippen molar-refractivity contribution >= 4 is 23.6 Å². The molecule has 4 amide bonds. The van der Waals surface area contributed by atoms with Crippen LogP contribution in [0.2, 0.25) is 0 Å². The molecule has 0 aromatic heterocycles. The second-order valence-electron chi connectivity index (χ2n) is 13.9. The van der Waals surface area contributed by atoms with Crippen molar-refractivity contribution in [3.63, 3.8) is 0 Å². The molecule has 1 saturated heterocycles. The van der Waals surface area contributed by atoms with Crippen LogP contribution in [0.25, 0.3) is 0 Å². The predicted octanol–water partition coefficient (Wildman–Crippen LogP) is 1.92. The summed E-state index contributed by atoms with van der Waals surface area (Å²) in [6, 6.07) is 8.19. The maximum atomic E-state index is 14.0. The number of hydrogen-bond acceptors (Lipinski definition) is 9. The van der Waals surface area contributed by atoms with E-state index in [0.29, 0.717) is 13.0 Å². The number of nitrogens with zero attached hydrogens (tertiary/aromatic N) is 1. The number of likely N-dealkylation sites (N-methyl/N-ethyl adjacent to an activating group) is 2. The minimum absolute atomic E-state index is 0.0226. The molecule has 13 nitrogen and oxygen atoms in total. The third-order valence-electron chi connectivity index (χ3n) is 9.75. The molecule has 284 valence electrons. The second-order valence-corrected chi connectivity index (χ2v) is 13.9. The van der Waals surface area contributed by atoms with Gasteiger partial charge < -0.3 is 45.1 Å². The van der Waals surface area contributed by atoms with E-state index in [9.17, 15) is 19.2 Å². The van der Waals surface area contributed by atoms with Crippen LogP contribution in [0.1, 0.15) is 59.9 Å². The maximum absolute atomic E-state index is 14.0. The summed E-state index contributed by atoms with van der Waals surface area (Å²) in [6.45, 7) is 12.2. The van der Waals surface area contributed by atoms with E-state index in [1.165, 1.54) is 21.3 Å². The van der Waals surface area contributed by atoms with E-state index >= 15 is 0 Å². The normalized spacial score (nSPS) is 22.0. The largest absolute Gasteiger partial charge is 0.379 e. The van der Waals surface area contributed by atoms with Gasteiger partial charge in [-0.25, -0.2) is 0 Å². The first-order valence-electron chi connectivity index (χ1n) is 17.8. The Labute approximate surface area is 299 Å². The zero-order chi connectivity index (χ0) is 37.5. The lowest BCUT2D eigenvalue weighted by molar-refractivity contribution is -0.144. The van der Waals surface area contributed by atoms with Gasteiger partial charge in [0.1, 0.15) is 24.4 Å². The SMILES string of the molecule is CC[C@H](C)[C@@H]([C@@H](CC(=O)NC[C@H]1O[C@H](C(=O)NCCc2ccccc2)[C@@H](OC)[C@@H]1OC)OC)N(C)C(=O)[C@@H](NC(=O)[C@@H](NC)C(C)C)C(C)C. The molecule has 0 radical (unpaired) electrons. The Morgan fingerprint density at radius 2 is 1.52 bits per heavy atom. The number of amides is 4. The lowest BCUT2D eigenvalue weighted by atomic mass is 9.89. The van der Waals surface area contributed by atoms with Crippen molar-refractivity contribution in [2.24, 2.45) is 17.8 Å². The van der Waals surface area contributed by atoms with Gasteiger partial charge in [-0.15, -0.1) is 0 Å². The van der Waals surface area contributed by atoms with Gasteiger partial charge in [-0.2, -0.15) is 0 Å². The fourth-order valence-electron chi connectivity index (χ4n) is 6.66. The van der Waals surface area contributed by atoms with Gasteiger partial charge in [0.15, 0.2) is 6.10 Å². The molecular formula is C37H63N5O8. The van der Waals surface area contributed by atoms with Crippen LogP contribution in [0, 0.1) is 17.8 Å². The standard InChI is InChI=1S/C37H63N5O8/c1-12-24(6)31(42(8)37(46)30(23(4)5)41-35(44)29(38-7)22(2)3)26(47-9)20-28(43)40-21-27-32(48-10)33(49-11)34(50-27)36(45)39-19-18-25-16-14-13-15-17-25/h13-17,22-24,26-27,29-34,38H,12,18-21H2,1-11H3,(H,39,45)(H,40,43)(H,41,44)/t24-,26+,27+,29-,30-,31-,32+,33-,34-/m0/s1. The third kappa shape index (κ3) is 11.7. The van der Waals surface area contributed by atoms with Crippen LogP contribution in [0.3, 0.4) is 0 Å². The Morgan fingerprint density at radius 3 is 2.04 bits per heavy atom. The Hall–Kier alpha value is -3.10. The van der Waals surface area contributed by atoms with Gasteiger partial charge in [0.25, 0.3) is 5.91 Å². The smallest absolute Gasteiger partial charge is 0.251 e. The summed E-state index contributed by atoms with van der Waals surface area (Å²) in [5.41, 5.74) is 1.11. The topological polar surface area (TPSA) is 157 Å². The highest BCUT2D eigenvalue weighted by Crippen LogP contribution is 2.27. The van der Waals surface area contributed by atoms with Crippen LogP contribution < -0.4 is 21.3 Å². The molecule has 1 aliphatic rings. The molecule has 0 aliphatic carbocycles. The molecule has 0 bridgehead atoms. The van der Waals surface area contributed by atoms with E-state index in [1.54, 1.807) is 19.0 Å². The fourth-order valence-corrected chi connectivity index (χ4v) is 6.66. The number of nitrogens with one attached hydrogen (secondary N) is 4. The fraction of sp³-hybridized carbons (Fsp3) is 0.730. The third-order valence-corrected chi connectivity index (χ3v) is 9.75. The van der Waals surface area contributed by atoms with Gasteiger partial charge >= 0.3 is 0 Å². The molecule has 0 saturated carbocycles. The first kappa shape index (κ1) is 43.1. The zero-order valence-corrected chi connectivity index (χ0v) is 32.0. The lowest BCUT2D eigenvalue weighted by Gasteiger charge is -2.40. The molecule has 0 unspecified atom stereocenters. The molecule has 0 spiro atoms. The average molecular weight is 706 g/mol. The van der Waals surface area contributed by atoms with Gasteiger partial charge in [-0.1, -0.05) is 78.3 Å². The molecule has 1 aromatic rings. The van der Waals surface area contributed by atoms with Crippen molar-refractivity contribution in [3.8, 4) is 0 Å². The van der Waals surface area contributed by atoms with Crippen LogP contribution in [0.4, 0.5) is 0 Å². The van der Waals surface area contributed by atoms with Crippen molar-refractivity contribution in [1.82, 2.24) is 26.2 Å². The zero-order valence-electron chi connectivity index (χ0n) is 32.0. The van der Waals surface area contributed by atoms with Gasteiger partial charge in [0.2, 0.25) is 17.7 Å². The molecule has 1 aliphatic heterocycles. The van der Waals surface area contributed by atoms with E-state index in [1.807, 2.05) is 71.9 Å². The number of hydrogen-bond donors (Lipinski definition) is 4. The van der Waals surface area contributed by atoms with Gasteiger partial charge in [0.05, 0.1) is 24.6 Å². The quantitative estimate of drug-likeness (QED) is 0.150. The number of benzene rings is 1. The van der Waals surface area contributed by atoms with Crippen molar-refractivity contribution < 1.29 is 38.1 Å². The van der Waals surface area contributed by atoms with E-state index in [-0.39, 0.29) is 54.3 Å². The maximum Gasteiger partial charge on any atom is 0.251 e. The highest BCUT2D eigenvalue weighted by molar-refractivity contribution is 5.90. The Balaban J connectivity index is 2.10. The lowest BCUT2D eigenvalue weighted by Crippen LogP contribution is -2.59. The summed E-state index contributed by atoms with van der Waals surface area (Å²) in [4.78, 5) is 55.2. The molecule has 1 heterocycles. The van der Waals surface area contributed by atoms with Crippen LogP contribution in [-0.4, -0.2) is 126 Å². The van der Waals surface area contributed by atoms with E-state index in [4.69, 9.17) is 18.9 Å². The Bertz CT molecular complexity index is 1200. The summed E-state index contributed by atoms with van der Waals surface area (Å²) in [7, 11) is 7.97. The van der Waals surface area contributed by atoms with E-state index in [2.05, 4.69) is 21.3 Å².